The van der Waals surface area contributed by atoms with E-state index in [1.165, 1.54) is 61.7 Å². The average Bonchev–Trinajstić information content (AvgIpc) is 2.71. The standard InChI is InChI=1S/C23H23NO7S/c1-22(2)23(3,27)21(30-15-9-10-24-20(26)12-15)18-13-17(7-8-19(18)31-22)32(28,29)16-6-4-5-14(25)11-16/h4-13,21,25,27H,1-3H3,(H,24,26). The molecule has 0 spiro atoms. The van der Waals surface area contributed by atoms with Crippen molar-refractivity contribution in [2.24, 2.45) is 0 Å². The number of aliphatic hydroxyl groups is 1. The smallest absolute Gasteiger partial charge is 0.251 e. The van der Waals surface area contributed by atoms with Gasteiger partial charge in [-0.1, -0.05) is 6.07 Å². The number of phenols is 1. The van der Waals surface area contributed by atoms with Crippen LogP contribution in [-0.4, -0.2) is 34.8 Å². The first-order chi connectivity index (χ1) is 14.9. The van der Waals surface area contributed by atoms with Crippen molar-refractivity contribution in [2.45, 2.75) is 47.9 Å². The van der Waals surface area contributed by atoms with E-state index in [2.05, 4.69) is 4.98 Å². The van der Waals surface area contributed by atoms with Gasteiger partial charge in [0, 0.05) is 17.8 Å². The van der Waals surface area contributed by atoms with Gasteiger partial charge >= 0.3 is 0 Å². The third-order valence-corrected chi connectivity index (χ3v) is 7.55. The fraction of sp³-hybridized carbons (Fsp3) is 0.261. The Labute approximate surface area is 185 Å². The minimum atomic E-state index is -3.97. The van der Waals surface area contributed by atoms with Crippen molar-refractivity contribution in [3.63, 3.8) is 0 Å². The van der Waals surface area contributed by atoms with Gasteiger partial charge in [0.1, 0.15) is 28.5 Å². The van der Waals surface area contributed by atoms with Crippen LogP contribution in [0.2, 0.25) is 0 Å². The molecule has 0 bridgehead atoms. The highest BCUT2D eigenvalue weighted by Crippen LogP contribution is 2.48. The van der Waals surface area contributed by atoms with E-state index < -0.39 is 27.1 Å². The number of fused-ring (bicyclic) bond motifs is 1. The Balaban J connectivity index is 1.86. The lowest BCUT2D eigenvalue weighted by Gasteiger charge is -2.49. The molecule has 3 N–H and O–H groups in total. The number of hydrogen-bond acceptors (Lipinski definition) is 7. The molecule has 0 fully saturated rings. The van der Waals surface area contributed by atoms with E-state index in [0.29, 0.717) is 11.3 Å². The Morgan fingerprint density at radius 3 is 2.44 bits per heavy atom. The number of hydrogen-bond donors (Lipinski definition) is 3. The Morgan fingerprint density at radius 2 is 1.75 bits per heavy atom. The number of phenolic OH excluding ortho intramolecular Hbond substituents is 1. The second kappa shape index (κ2) is 7.39. The number of aromatic amines is 1. The third kappa shape index (κ3) is 3.63. The maximum absolute atomic E-state index is 13.2. The number of H-pyrrole nitrogens is 1. The monoisotopic (exact) mass is 457 g/mol. The van der Waals surface area contributed by atoms with Gasteiger partial charge in [-0.25, -0.2) is 8.42 Å². The maximum Gasteiger partial charge on any atom is 0.251 e. The number of sulfone groups is 1. The molecule has 9 heteroatoms. The molecule has 0 aliphatic carbocycles. The zero-order chi connectivity index (χ0) is 23.3. The second-order valence-electron chi connectivity index (χ2n) is 8.35. The van der Waals surface area contributed by atoms with Gasteiger partial charge in [-0.2, -0.15) is 0 Å². The first kappa shape index (κ1) is 21.9. The van der Waals surface area contributed by atoms with Crippen molar-refractivity contribution >= 4 is 9.84 Å². The number of rotatable bonds is 4. The molecule has 2 heterocycles. The Morgan fingerprint density at radius 1 is 1.03 bits per heavy atom. The quantitative estimate of drug-likeness (QED) is 0.550. The molecule has 8 nitrogen and oxygen atoms in total. The van der Waals surface area contributed by atoms with Crippen molar-refractivity contribution in [1.82, 2.24) is 4.98 Å². The van der Waals surface area contributed by atoms with Gasteiger partial charge in [-0.15, -0.1) is 0 Å². The summed E-state index contributed by atoms with van der Waals surface area (Å²) in [5.41, 5.74) is -2.74. The summed E-state index contributed by atoms with van der Waals surface area (Å²) in [7, 11) is -3.97. The van der Waals surface area contributed by atoms with Crippen LogP contribution in [0.4, 0.5) is 0 Å². The van der Waals surface area contributed by atoms with Crippen LogP contribution in [0.5, 0.6) is 17.2 Å². The molecule has 0 saturated carbocycles. The van der Waals surface area contributed by atoms with Gasteiger partial charge < -0.3 is 24.7 Å². The molecule has 0 amide bonds. The summed E-state index contributed by atoms with van der Waals surface area (Å²) in [6, 6.07) is 12.4. The van der Waals surface area contributed by atoms with Gasteiger partial charge in [0.2, 0.25) is 9.84 Å². The topological polar surface area (TPSA) is 126 Å². The molecule has 3 aromatic rings. The van der Waals surface area contributed by atoms with Gasteiger partial charge in [-0.05, 0) is 63.2 Å². The SMILES string of the molecule is CC1(C)Oc2ccc(S(=O)(=O)c3cccc(O)c3)cc2C(Oc2cc[nH]c(=O)c2)C1(C)O. The predicted molar refractivity (Wildman–Crippen MR) is 116 cm³/mol. The highest BCUT2D eigenvalue weighted by molar-refractivity contribution is 7.91. The number of aromatic hydroxyl groups is 1. The predicted octanol–water partition coefficient (Wildman–Crippen LogP) is 2.96. The zero-order valence-electron chi connectivity index (χ0n) is 17.7. The van der Waals surface area contributed by atoms with Crippen molar-refractivity contribution in [3.8, 4) is 17.2 Å². The van der Waals surface area contributed by atoms with Crippen LogP contribution in [0.3, 0.4) is 0 Å². The summed E-state index contributed by atoms with van der Waals surface area (Å²) in [5.74, 6) is 0.391. The molecule has 1 aliphatic heterocycles. The minimum Gasteiger partial charge on any atom is -0.508 e. The summed E-state index contributed by atoms with van der Waals surface area (Å²) >= 11 is 0. The van der Waals surface area contributed by atoms with Crippen LogP contribution in [0, 0.1) is 0 Å². The van der Waals surface area contributed by atoms with Crippen LogP contribution >= 0.6 is 0 Å². The number of aromatic nitrogens is 1. The van der Waals surface area contributed by atoms with E-state index in [0.717, 1.165) is 6.07 Å². The molecule has 2 aromatic carbocycles. The highest BCUT2D eigenvalue weighted by atomic mass is 32.2. The van der Waals surface area contributed by atoms with E-state index in [-0.39, 0.29) is 26.8 Å². The molecule has 32 heavy (non-hydrogen) atoms. The van der Waals surface area contributed by atoms with Crippen LogP contribution in [0.15, 0.2) is 75.4 Å². The molecule has 4 rings (SSSR count). The second-order valence-corrected chi connectivity index (χ2v) is 10.3. The number of benzene rings is 2. The summed E-state index contributed by atoms with van der Waals surface area (Å²) in [6.45, 7) is 4.92. The van der Waals surface area contributed by atoms with E-state index in [9.17, 15) is 23.4 Å². The molecule has 0 saturated heterocycles. The van der Waals surface area contributed by atoms with Crippen molar-refractivity contribution in [3.05, 3.63) is 76.7 Å². The molecule has 2 atom stereocenters. The molecular weight excluding hydrogens is 434 g/mol. The van der Waals surface area contributed by atoms with Crippen LogP contribution in [0.1, 0.15) is 32.4 Å². The van der Waals surface area contributed by atoms with E-state index in [1.807, 2.05) is 0 Å². The van der Waals surface area contributed by atoms with E-state index in [4.69, 9.17) is 9.47 Å². The van der Waals surface area contributed by atoms with Crippen molar-refractivity contribution in [2.75, 3.05) is 0 Å². The molecular formula is C23H23NO7S. The normalized spacial score (nSPS) is 21.9. The van der Waals surface area contributed by atoms with Crippen molar-refractivity contribution in [1.29, 1.82) is 0 Å². The van der Waals surface area contributed by atoms with Gasteiger partial charge in [0.15, 0.2) is 6.10 Å². The van der Waals surface area contributed by atoms with Gasteiger partial charge in [-0.3, -0.25) is 4.79 Å². The van der Waals surface area contributed by atoms with Crippen LogP contribution in [-0.2, 0) is 9.84 Å². The number of nitrogens with one attached hydrogen (secondary N) is 1. The summed E-state index contributed by atoms with van der Waals surface area (Å²) in [5, 5.41) is 21.1. The van der Waals surface area contributed by atoms with E-state index in [1.54, 1.807) is 13.8 Å². The largest absolute Gasteiger partial charge is 0.508 e. The molecule has 1 aromatic heterocycles. The lowest BCUT2D eigenvalue weighted by molar-refractivity contribution is -0.174. The fourth-order valence-electron chi connectivity index (χ4n) is 3.59. The Kier molecular flexibility index (Phi) is 5.06. The van der Waals surface area contributed by atoms with Gasteiger partial charge in [0.25, 0.3) is 5.56 Å². The average molecular weight is 458 g/mol. The summed E-state index contributed by atoms with van der Waals surface area (Å²) in [4.78, 5) is 14.1. The molecule has 168 valence electrons. The Bertz CT molecular complexity index is 1340. The zero-order valence-corrected chi connectivity index (χ0v) is 18.5. The van der Waals surface area contributed by atoms with Crippen LogP contribution in [0.25, 0.3) is 0 Å². The lowest BCUT2D eigenvalue weighted by atomic mass is 9.77. The van der Waals surface area contributed by atoms with Crippen LogP contribution < -0.4 is 15.0 Å². The molecule has 0 radical (unpaired) electrons. The van der Waals surface area contributed by atoms with E-state index >= 15 is 0 Å². The Hall–Kier alpha value is -3.30. The van der Waals surface area contributed by atoms with Crippen molar-refractivity contribution < 1.29 is 28.1 Å². The number of ether oxygens (including phenoxy) is 2. The molecule has 2 unspecified atom stereocenters. The molecule has 1 aliphatic rings. The number of pyridine rings is 1. The minimum absolute atomic E-state index is 0.0551. The maximum atomic E-state index is 13.2. The third-order valence-electron chi connectivity index (χ3n) is 5.80. The highest BCUT2D eigenvalue weighted by Gasteiger charge is 2.54. The summed E-state index contributed by atoms with van der Waals surface area (Å²) in [6.07, 6.45) is 0.378. The summed E-state index contributed by atoms with van der Waals surface area (Å²) < 4.78 is 38.3. The lowest BCUT2D eigenvalue weighted by Crippen LogP contribution is -2.59. The first-order valence-electron chi connectivity index (χ1n) is 9.87. The fourth-order valence-corrected chi connectivity index (χ4v) is 4.92. The first-order valence-corrected chi connectivity index (χ1v) is 11.3. The van der Waals surface area contributed by atoms with Gasteiger partial charge in [0.05, 0.1) is 9.79 Å².